The quantitative estimate of drug-likeness (QED) is 0.245. The summed E-state index contributed by atoms with van der Waals surface area (Å²) in [5, 5.41) is 7.14. The highest BCUT2D eigenvalue weighted by atomic mass is 19.2. The molecule has 2 fully saturated rings. The first-order valence-electron chi connectivity index (χ1n) is 11.9. The highest BCUT2D eigenvalue weighted by molar-refractivity contribution is 5.96. The second-order valence-electron chi connectivity index (χ2n) is 9.19. The molecule has 0 bridgehead atoms. The van der Waals surface area contributed by atoms with Gasteiger partial charge in [-0.25, -0.2) is 22.0 Å². The molecule has 2 unspecified atom stereocenters. The number of halogens is 5. The third-order valence-corrected chi connectivity index (χ3v) is 6.60. The lowest BCUT2D eigenvalue weighted by atomic mass is 9.78. The lowest BCUT2D eigenvalue weighted by Crippen LogP contribution is -2.57. The number of hydrogen-bond donors (Lipinski definition) is 3. The summed E-state index contributed by atoms with van der Waals surface area (Å²) < 4.78 is 70.5. The Balaban J connectivity index is 1.76. The lowest BCUT2D eigenvalue weighted by Gasteiger charge is -2.37. The molecule has 1 saturated carbocycles. The van der Waals surface area contributed by atoms with Gasteiger partial charge in [-0.1, -0.05) is 30.3 Å². The van der Waals surface area contributed by atoms with Crippen LogP contribution < -0.4 is 16.0 Å². The molecule has 1 aromatic rings. The molecule has 0 aromatic heterocycles. The zero-order valence-corrected chi connectivity index (χ0v) is 19.7. The van der Waals surface area contributed by atoms with Crippen molar-refractivity contribution >= 4 is 30.1 Å². The summed E-state index contributed by atoms with van der Waals surface area (Å²) in [6, 6.07) is 5.64. The van der Waals surface area contributed by atoms with Crippen molar-refractivity contribution in [1.29, 1.82) is 0 Å². The molecule has 2 aliphatic rings. The van der Waals surface area contributed by atoms with E-state index in [-0.39, 0.29) is 12.3 Å². The van der Waals surface area contributed by atoms with Gasteiger partial charge in [-0.2, -0.15) is 0 Å². The molecular weight excluding hydrogens is 501 g/mol. The molecule has 12 heteroatoms. The molecule has 37 heavy (non-hydrogen) atoms. The van der Waals surface area contributed by atoms with Crippen molar-refractivity contribution in [2.75, 3.05) is 6.54 Å². The van der Waals surface area contributed by atoms with Gasteiger partial charge in [0.1, 0.15) is 24.7 Å². The van der Waals surface area contributed by atoms with Crippen LogP contribution in [0.2, 0.25) is 0 Å². The third kappa shape index (κ3) is 7.14. The summed E-state index contributed by atoms with van der Waals surface area (Å²) in [5.74, 6) is -4.85. The van der Waals surface area contributed by atoms with Gasteiger partial charge < -0.3 is 20.7 Å². The van der Waals surface area contributed by atoms with Gasteiger partial charge in [-0.05, 0) is 30.9 Å². The Kier molecular flexibility index (Phi) is 9.76. The van der Waals surface area contributed by atoms with Crippen LogP contribution in [0, 0.1) is 11.8 Å². The molecule has 3 rings (SSSR count). The third-order valence-electron chi connectivity index (χ3n) is 6.60. The van der Waals surface area contributed by atoms with E-state index < -0.39 is 73.0 Å². The smallest absolute Gasteiger partial charge is 0.244 e. The van der Waals surface area contributed by atoms with Crippen LogP contribution in [-0.2, 0) is 19.2 Å². The molecular formula is C25H28F5N3O4. The summed E-state index contributed by atoms with van der Waals surface area (Å²) in [6.45, 7) is 0.400. The summed E-state index contributed by atoms with van der Waals surface area (Å²) in [4.78, 5) is 48.8. The number of nitrogens with one attached hydrogen (secondary N) is 3. The summed E-state index contributed by atoms with van der Waals surface area (Å²) in [6.07, 6.45) is -12.2. The second kappa shape index (κ2) is 12.8. The minimum atomic E-state index is -3.01. The fourth-order valence-electron chi connectivity index (χ4n) is 4.50. The Morgan fingerprint density at radius 3 is 2.14 bits per heavy atom. The van der Waals surface area contributed by atoms with E-state index in [2.05, 4.69) is 16.0 Å². The molecule has 7 nitrogen and oxygen atoms in total. The first-order chi connectivity index (χ1) is 17.6. The van der Waals surface area contributed by atoms with Gasteiger partial charge in [0.2, 0.25) is 17.7 Å². The summed E-state index contributed by atoms with van der Waals surface area (Å²) in [5.41, 5.74) is 0.629. The van der Waals surface area contributed by atoms with Crippen LogP contribution in [0.15, 0.2) is 36.4 Å². The van der Waals surface area contributed by atoms with Crippen LogP contribution in [0.4, 0.5) is 22.0 Å². The minimum Gasteiger partial charge on any atom is -0.356 e. The van der Waals surface area contributed by atoms with Gasteiger partial charge >= 0.3 is 0 Å². The van der Waals surface area contributed by atoms with Crippen molar-refractivity contribution in [2.45, 2.75) is 62.2 Å². The summed E-state index contributed by atoms with van der Waals surface area (Å²) >= 11 is 0. The van der Waals surface area contributed by atoms with Gasteiger partial charge in [0.15, 0.2) is 18.5 Å². The van der Waals surface area contributed by atoms with Crippen LogP contribution in [0.3, 0.4) is 0 Å². The Labute approximate surface area is 210 Å². The number of benzene rings is 1. The predicted octanol–water partition coefficient (Wildman–Crippen LogP) is 2.10. The Morgan fingerprint density at radius 2 is 1.57 bits per heavy atom. The van der Waals surface area contributed by atoms with Crippen LogP contribution in [0.5, 0.6) is 0 Å². The number of carbonyl (C=O) groups excluding carboxylic acids is 4. The average molecular weight is 530 g/mol. The van der Waals surface area contributed by atoms with Crippen LogP contribution in [-0.4, -0.2) is 73.5 Å². The predicted molar refractivity (Wildman–Crippen MR) is 124 cm³/mol. The number of rotatable bonds is 10. The minimum absolute atomic E-state index is 0.0564. The zero-order valence-electron chi connectivity index (χ0n) is 19.7. The molecule has 9 atom stereocenters. The fourth-order valence-corrected chi connectivity index (χ4v) is 4.50. The molecule has 1 aliphatic heterocycles. The molecule has 0 radical (unpaired) electrons. The van der Waals surface area contributed by atoms with E-state index in [1.807, 2.05) is 0 Å². The zero-order chi connectivity index (χ0) is 27.1. The molecule has 1 heterocycles. The highest BCUT2D eigenvalue weighted by Gasteiger charge is 2.54. The standard InChI is InChI=1S/C25H28F5N3O4/c26-19-16(20(27)22(29)23(30)21(19)28)11-17(33-18(35)7-6-13-4-2-1-3-5-13)25(37)32-15(12-34)10-14-8-9-31-24(14)36/h1-7,12,14-17,19-23H,8-11H2,(H,31,36)(H,32,37)(H,33,35)/b7-6+/t14-,15-,16?,17-,19-,20+,21-,22+,23?/m0/s1. The van der Waals surface area contributed by atoms with E-state index in [9.17, 15) is 41.1 Å². The van der Waals surface area contributed by atoms with Crippen molar-refractivity contribution in [3.8, 4) is 0 Å². The van der Waals surface area contributed by atoms with Gasteiger partial charge in [0.05, 0.1) is 6.04 Å². The maximum atomic E-state index is 14.5. The van der Waals surface area contributed by atoms with Crippen molar-refractivity contribution < 1.29 is 41.1 Å². The van der Waals surface area contributed by atoms with Crippen LogP contribution >= 0.6 is 0 Å². The average Bonchev–Trinajstić information content (AvgIpc) is 3.30. The SMILES string of the molecule is O=C[C@H](C[C@@H]1CCNC1=O)NC(=O)[C@H](CC1[C@@H](F)[C@@H](F)C(F)[C@@H](F)[C@H]1F)NC(=O)/C=C/c1ccccc1. The maximum Gasteiger partial charge on any atom is 0.244 e. The first kappa shape index (κ1) is 28.3. The largest absolute Gasteiger partial charge is 0.356 e. The summed E-state index contributed by atoms with van der Waals surface area (Å²) in [7, 11) is 0. The Bertz CT molecular complexity index is 982. The topological polar surface area (TPSA) is 104 Å². The Morgan fingerprint density at radius 1 is 0.946 bits per heavy atom. The second-order valence-corrected chi connectivity index (χ2v) is 9.19. The number of carbonyl (C=O) groups is 4. The van der Waals surface area contributed by atoms with E-state index in [1.165, 1.54) is 6.08 Å². The van der Waals surface area contributed by atoms with E-state index in [0.717, 1.165) is 6.08 Å². The van der Waals surface area contributed by atoms with E-state index in [1.54, 1.807) is 30.3 Å². The van der Waals surface area contributed by atoms with Crippen molar-refractivity contribution in [3.63, 3.8) is 0 Å². The van der Waals surface area contributed by atoms with Crippen LogP contribution in [0.1, 0.15) is 24.8 Å². The van der Waals surface area contributed by atoms with Gasteiger partial charge in [-0.15, -0.1) is 0 Å². The molecule has 1 saturated heterocycles. The van der Waals surface area contributed by atoms with Crippen LogP contribution in [0.25, 0.3) is 6.08 Å². The number of hydrogen-bond acceptors (Lipinski definition) is 4. The van der Waals surface area contributed by atoms with Gasteiger partial charge in [0.25, 0.3) is 0 Å². The van der Waals surface area contributed by atoms with E-state index >= 15 is 0 Å². The Hall–Kier alpha value is -3.31. The monoisotopic (exact) mass is 529 g/mol. The van der Waals surface area contributed by atoms with Crippen molar-refractivity contribution in [2.24, 2.45) is 11.8 Å². The molecule has 202 valence electrons. The number of amides is 3. The van der Waals surface area contributed by atoms with Gasteiger partial charge in [0, 0.05) is 24.5 Å². The van der Waals surface area contributed by atoms with Crippen molar-refractivity contribution in [1.82, 2.24) is 16.0 Å². The van der Waals surface area contributed by atoms with Crippen molar-refractivity contribution in [3.05, 3.63) is 42.0 Å². The molecule has 3 N–H and O–H groups in total. The first-order valence-corrected chi connectivity index (χ1v) is 11.9. The van der Waals surface area contributed by atoms with E-state index in [0.29, 0.717) is 24.8 Å². The van der Waals surface area contributed by atoms with Gasteiger partial charge in [-0.3, -0.25) is 14.4 Å². The maximum absolute atomic E-state index is 14.5. The molecule has 3 amide bonds. The number of alkyl halides is 5. The highest BCUT2D eigenvalue weighted by Crippen LogP contribution is 2.38. The van der Waals surface area contributed by atoms with E-state index in [4.69, 9.17) is 0 Å². The lowest BCUT2D eigenvalue weighted by molar-refractivity contribution is -0.132. The molecule has 1 aromatic carbocycles. The molecule has 1 aliphatic carbocycles. The normalized spacial score (nSPS) is 31.4. The fraction of sp³-hybridized carbons (Fsp3) is 0.520. The molecule has 0 spiro atoms. The number of aldehydes is 1.